The molecule has 0 aliphatic carbocycles. The lowest BCUT2D eigenvalue weighted by molar-refractivity contribution is 0.147. The number of hydrogen-bond donors (Lipinski definition) is 1. The fraction of sp³-hybridized carbons (Fsp3) is 1.00. The molecule has 1 unspecified atom stereocenters. The van der Waals surface area contributed by atoms with Gasteiger partial charge in [-0.25, -0.2) is 4.57 Å². The Morgan fingerprint density at radius 2 is 1.67 bits per heavy atom. The molecule has 0 aromatic carbocycles. The third-order valence-electron chi connectivity index (χ3n) is 0.962. The van der Waals surface area contributed by atoms with Gasteiger partial charge in [0, 0.05) is 0 Å². The van der Waals surface area contributed by atoms with Gasteiger partial charge in [-0.3, -0.25) is 9.05 Å². The summed E-state index contributed by atoms with van der Waals surface area (Å²) in [6.07, 6.45) is 0. The number of alkyl halides is 4. The Kier molecular flexibility index (Phi) is 6.67. The van der Waals surface area contributed by atoms with Crippen molar-refractivity contribution in [1.82, 2.24) is 0 Å². The van der Waals surface area contributed by atoms with Gasteiger partial charge >= 0.3 is 7.82 Å². The molecular formula is C6H11Br2Cl2O4P. The van der Waals surface area contributed by atoms with Crippen LogP contribution in [0.15, 0.2) is 0 Å². The summed E-state index contributed by atoms with van der Waals surface area (Å²) in [5, 5.41) is 0. The van der Waals surface area contributed by atoms with Crippen molar-refractivity contribution in [2.24, 2.45) is 0 Å². The summed E-state index contributed by atoms with van der Waals surface area (Å²) in [5.41, 5.74) is 0. The van der Waals surface area contributed by atoms with Crippen LogP contribution in [0.2, 0.25) is 0 Å². The van der Waals surface area contributed by atoms with E-state index in [0.29, 0.717) is 0 Å². The van der Waals surface area contributed by atoms with Gasteiger partial charge in [-0.2, -0.15) is 0 Å². The van der Waals surface area contributed by atoms with Gasteiger partial charge in [-0.1, -0.05) is 55.1 Å². The molecule has 0 saturated carbocycles. The smallest absolute Gasteiger partial charge is 0.302 e. The second-order valence-electron chi connectivity index (χ2n) is 3.16. The van der Waals surface area contributed by atoms with Crippen molar-refractivity contribution in [2.75, 3.05) is 13.2 Å². The largest absolute Gasteiger partial charge is 0.472 e. The molecule has 15 heavy (non-hydrogen) atoms. The SMILES string of the molecule is CC(Cl)(Cl)COP(=O)(O)OCC(C)(Br)Br. The van der Waals surface area contributed by atoms with Crippen molar-refractivity contribution in [3.8, 4) is 0 Å². The third kappa shape index (κ3) is 11.9. The van der Waals surface area contributed by atoms with Crippen molar-refractivity contribution >= 4 is 62.9 Å². The molecule has 0 amide bonds. The molecule has 0 heterocycles. The van der Waals surface area contributed by atoms with Crippen LogP contribution in [0.4, 0.5) is 0 Å². The van der Waals surface area contributed by atoms with Crippen LogP contribution in [0.25, 0.3) is 0 Å². The molecule has 0 saturated heterocycles. The first kappa shape index (κ1) is 16.6. The molecule has 9 heteroatoms. The minimum Gasteiger partial charge on any atom is -0.302 e. The van der Waals surface area contributed by atoms with Crippen molar-refractivity contribution in [2.45, 2.75) is 21.4 Å². The summed E-state index contributed by atoms with van der Waals surface area (Å²) in [7, 11) is -4.11. The number of halogens is 4. The van der Waals surface area contributed by atoms with Crippen LogP contribution in [0.1, 0.15) is 13.8 Å². The Bertz CT molecular complexity index is 228. The maximum atomic E-state index is 11.3. The standard InChI is InChI=1S/C6H11Br2Cl2O4P/c1-5(7,8)3-13-15(11,12)14-4-6(2,9)10/h3-4H2,1-2H3,(H,11,12). The minimum absolute atomic E-state index is 0.0535. The number of phosphoric acid groups is 1. The van der Waals surface area contributed by atoms with Crippen LogP contribution in [0.5, 0.6) is 0 Å². The molecule has 0 spiro atoms. The molecule has 0 fully saturated rings. The third-order valence-corrected chi connectivity index (χ3v) is 2.55. The first-order chi connectivity index (χ1) is 6.41. The van der Waals surface area contributed by atoms with Crippen molar-refractivity contribution < 1.29 is 18.5 Å². The Labute approximate surface area is 115 Å². The van der Waals surface area contributed by atoms with Gasteiger partial charge in [0.05, 0.1) is 13.2 Å². The summed E-state index contributed by atoms with van der Waals surface area (Å²) >= 11 is 17.5. The maximum Gasteiger partial charge on any atom is 0.472 e. The van der Waals surface area contributed by atoms with Crippen molar-refractivity contribution in [1.29, 1.82) is 0 Å². The van der Waals surface area contributed by atoms with Crippen LogP contribution < -0.4 is 0 Å². The molecule has 0 bridgehead atoms. The fourth-order valence-corrected chi connectivity index (χ4v) is 2.19. The Morgan fingerprint density at radius 1 is 1.27 bits per heavy atom. The van der Waals surface area contributed by atoms with E-state index in [1.54, 1.807) is 6.92 Å². The molecule has 4 nitrogen and oxygen atoms in total. The van der Waals surface area contributed by atoms with Crippen LogP contribution in [-0.2, 0) is 13.6 Å². The predicted octanol–water partition coefficient (Wildman–Crippen LogP) is 3.82. The highest BCUT2D eigenvalue weighted by molar-refractivity contribution is 9.25. The van der Waals surface area contributed by atoms with Gasteiger partial charge in [-0.05, 0) is 13.8 Å². The Balaban J connectivity index is 4.04. The van der Waals surface area contributed by atoms with Crippen LogP contribution in [-0.4, -0.2) is 25.7 Å². The summed E-state index contributed by atoms with van der Waals surface area (Å²) in [4.78, 5) is 9.19. The highest BCUT2D eigenvalue weighted by Crippen LogP contribution is 2.46. The van der Waals surface area contributed by atoms with Gasteiger partial charge in [0.1, 0.15) is 7.57 Å². The van der Waals surface area contributed by atoms with Crippen LogP contribution >= 0.6 is 62.9 Å². The zero-order valence-electron chi connectivity index (χ0n) is 8.05. The molecule has 1 atom stereocenters. The van der Waals surface area contributed by atoms with E-state index in [4.69, 9.17) is 23.2 Å². The molecular weight excluding hydrogens is 398 g/mol. The number of hydrogen-bond acceptors (Lipinski definition) is 3. The molecule has 0 rings (SSSR count). The summed E-state index contributed by atoms with van der Waals surface area (Å²) in [5.74, 6) is 0. The fourth-order valence-electron chi connectivity index (χ4n) is 0.427. The first-order valence-corrected chi connectivity index (χ1v) is 7.63. The average molecular weight is 409 g/mol. The lowest BCUT2D eigenvalue weighted by Gasteiger charge is -2.19. The Morgan fingerprint density at radius 3 is 2.00 bits per heavy atom. The van der Waals surface area contributed by atoms with Gasteiger partial charge in [0.2, 0.25) is 0 Å². The molecule has 0 aromatic rings. The molecule has 0 aliphatic heterocycles. The van der Waals surface area contributed by atoms with E-state index < -0.39 is 15.4 Å². The van der Waals surface area contributed by atoms with E-state index in [0.717, 1.165) is 0 Å². The first-order valence-electron chi connectivity index (χ1n) is 3.79. The van der Waals surface area contributed by atoms with E-state index in [2.05, 4.69) is 40.9 Å². The van der Waals surface area contributed by atoms with Crippen molar-refractivity contribution in [3.05, 3.63) is 0 Å². The van der Waals surface area contributed by atoms with Gasteiger partial charge in [-0.15, -0.1) is 0 Å². The van der Waals surface area contributed by atoms with Crippen LogP contribution in [0, 0.1) is 0 Å². The molecule has 1 N–H and O–H groups in total. The molecule has 92 valence electrons. The highest BCUT2D eigenvalue weighted by Gasteiger charge is 2.29. The molecule has 0 aliphatic rings. The normalized spacial score (nSPS) is 17.5. The second kappa shape index (κ2) is 6.01. The number of phosphoric ester groups is 1. The highest BCUT2D eigenvalue weighted by atomic mass is 79.9. The van der Waals surface area contributed by atoms with Gasteiger partial charge < -0.3 is 4.89 Å². The predicted molar refractivity (Wildman–Crippen MR) is 68.1 cm³/mol. The topological polar surface area (TPSA) is 55.8 Å². The van der Waals surface area contributed by atoms with E-state index >= 15 is 0 Å². The lowest BCUT2D eigenvalue weighted by atomic mass is 10.5. The van der Waals surface area contributed by atoms with Gasteiger partial charge in [0.25, 0.3) is 0 Å². The van der Waals surface area contributed by atoms with E-state index in [-0.39, 0.29) is 13.2 Å². The van der Waals surface area contributed by atoms with Crippen molar-refractivity contribution in [3.63, 3.8) is 0 Å². The number of rotatable bonds is 6. The summed E-state index contributed by atoms with van der Waals surface area (Å²) < 4.78 is 18.7. The average Bonchev–Trinajstić information content (AvgIpc) is 1.96. The summed E-state index contributed by atoms with van der Waals surface area (Å²) in [6.45, 7) is 2.79. The monoisotopic (exact) mass is 406 g/mol. The zero-order valence-corrected chi connectivity index (χ0v) is 13.6. The Hall–Kier alpha value is 1.65. The second-order valence-corrected chi connectivity index (χ2v) is 11.0. The van der Waals surface area contributed by atoms with Crippen LogP contribution in [0.3, 0.4) is 0 Å². The zero-order chi connectivity index (χ0) is 12.3. The lowest BCUT2D eigenvalue weighted by Crippen LogP contribution is -2.18. The van der Waals surface area contributed by atoms with E-state index in [1.165, 1.54) is 6.92 Å². The molecule has 0 radical (unpaired) electrons. The van der Waals surface area contributed by atoms with E-state index in [9.17, 15) is 9.46 Å². The summed E-state index contributed by atoms with van der Waals surface area (Å²) in [6, 6.07) is 0. The maximum absolute atomic E-state index is 11.3. The minimum atomic E-state index is -4.11. The van der Waals surface area contributed by atoms with Gasteiger partial charge in [0.15, 0.2) is 0 Å². The quantitative estimate of drug-likeness (QED) is 0.536. The van der Waals surface area contributed by atoms with E-state index in [1.807, 2.05) is 0 Å². The molecule has 0 aromatic heterocycles.